The summed E-state index contributed by atoms with van der Waals surface area (Å²) in [6, 6.07) is 9.36. The number of amides is 3. The van der Waals surface area contributed by atoms with Crippen molar-refractivity contribution in [2.45, 2.75) is 83.3 Å². The molecule has 0 radical (unpaired) electrons. The predicted molar refractivity (Wildman–Crippen MR) is 131 cm³/mol. The molecule has 178 valence electrons. The van der Waals surface area contributed by atoms with Crippen molar-refractivity contribution < 1.29 is 14.4 Å². The summed E-state index contributed by atoms with van der Waals surface area (Å²) < 4.78 is 0. The van der Waals surface area contributed by atoms with E-state index in [1.807, 2.05) is 30.3 Å². The molecule has 33 heavy (non-hydrogen) atoms. The molecule has 1 aliphatic rings. The van der Waals surface area contributed by atoms with Crippen molar-refractivity contribution in [2.24, 2.45) is 0 Å². The molecule has 3 rings (SSSR count). The molecule has 1 aromatic carbocycles. The average Bonchev–Trinajstić information content (AvgIpc) is 3.52. The summed E-state index contributed by atoms with van der Waals surface area (Å²) in [5, 5.41) is 8.20. The van der Waals surface area contributed by atoms with Gasteiger partial charge in [0.2, 0.25) is 17.7 Å². The topological polar surface area (TPSA) is 91.4 Å². The quantitative estimate of drug-likeness (QED) is 0.477. The highest BCUT2D eigenvalue weighted by atomic mass is 32.1. The third-order valence-electron chi connectivity index (χ3n) is 5.97. The first-order valence-corrected chi connectivity index (χ1v) is 12.8. The van der Waals surface area contributed by atoms with Gasteiger partial charge in [-0.25, -0.2) is 4.98 Å². The minimum absolute atomic E-state index is 0.0450. The Morgan fingerprint density at radius 1 is 1.15 bits per heavy atom. The molecule has 0 unspecified atom stereocenters. The zero-order valence-electron chi connectivity index (χ0n) is 19.3. The Labute approximate surface area is 200 Å². The Morgan fingerprint density at radius 2 is 1.91 bits per heavy atom. The van der Waals surface area contributed by atoms with Crippen LogP contribution in [0.1, 0.15) is 70.3 Å². The number of nitrogens with one attached hydrogen (secondary N) is 2. The van der Waals surface area contributed by atoms with Crippen LogP contribution in [0.15, 0.2) is 41.9 Å². The second-order valence-electron chi connectivity index (χ2n) is 8.54. The van der Waals surface area contributed by atoms with Crippen LogP contribution in [0.2, 0.25) is 0 Å². The van der Waals surface area contributed by atoms with Crippen molar-refractivity contribution in [1.82, 2.24) is 15.2 Å². The van der Waals surface area contributed by atoms with Gasteiger partial charge in [0.15, 0.2) is 5.13 Å². The maximum Gasteiger partial charge on any atom is 0.243 e. The lowest BCUT2D eigenvalue weighted by molar-refractivity contribution is -0.142. The van der Waals surface area contributed by atoms with Crippen molar-refractivity contribution in [2.75, 3.05) is 5.32 Å². The van der Waals surface area contributed by atoms with Crippen molar-refractivity contribution >= 4 is 34.2 Å². The van der Waals surface area contributed by atoms with Gasteiger partial charge in [0.25, 0.3) is 0 Å². The van der Waals surface area contributed by atoms with Crippen LogP contribution in [0.5, 0.6) is 0 Å². The van der Waals surface area contributed by atoms with E-state index in [9.17, 15) is 14.4 Å². The number of rotatable bonds is 12. The normalized spacial score (nSPS) is 14.6. The van der Waals surface area contributed by atoms with E-state index in [-0.39, 0.29) is 36.6 Å². The standard InChI is InChI=1S/C25H34N4O3S/c1-2-3-13-21(24(32)27-20-11-7-8-12-20)29(18-19-9-5-4-6-10-19)23(31)15-14-22(30)28-25-26-16-17-33-25/h4-6,9-10,16-17,20-21H,2-3,7-8,11-15,18H2,1H3,(H,27,32)(H,26,28,30)/t21-/m1/s1. The predicted octanol–water partition coefficient (Wildman–Crippen LogP) is 4.51. The Bertz CT molecular complexity index is 882. The highest BCUT2D eigenvalue weighted by molar-refractivity contribution is 7.13. The molecule has 0 saturated heterocycles. The molecule has 0 aliphatic heterocycles. The van der Waals surface area contributed by atoms with Crippen molar-refractivity contribution in [1.29, 1.82) is 0 Å². The molecule has 2 N–H and O–H groups in total. The van der Waals surface area contributed by atoms with E-state index in [1.54, 1.807) is 16.5 Å². The van der Waals surface area contributed by atoms with Crippen molar-refractivity contribution in [3.05, 3.63) is 47.5 Å². The lowest BCUT2D eigenvalue weighted by atomic mass is 10.0. The van der Waals surface area contributed by atoms with Gasteiger partial charge in [-0.3, -0.25) is 14.4 Å². The molecule has 1 heterocycles. The largest absolute Gasteiger partial charge is 0.352 e. The molecule has 1 atom stereocenters. The third-order valence-corrected chi connectivity index (χ3v) is 6.66. The average molecular weight is 471 g/mol. The van der Waals surface area contributed by atoms with E-state index in [4.69, 9.17) is 0 Å². The van der Waals surface area contributed by atoms with Crippen LogP contribution in [0, 0.1) is 0 Å². The fourth-order valence-corrected chi connectivity index (χ4v) is 4.72. The monoisotopic (exact) mass is 470 g/mol. The van der Waals surface area contributed by atoms with Crippen molar-refractivity contribution in [3.63, 3.8) is 0 Å². The summed E-state index contributed by atoms with van der Waals surface area (Å²) in [7, 11) is 0. The fourth-order valence-electron chi connectivity index (χ4n) is 4.18. The van der Waals surface area contributed by atoms with Crippen LogP contribution in [0.4, 0.5) is 5.13 Å². The van der Waals surface area contributed by atoms with E-state index in [1.165, 1.54) is 11.3 Å². The first kappa shape index (κ1) is 24.9. The van der Waals surface area contributed by atoms with E-state index in [0.717, 1.165) is 44.1 Å². The number of anilines is 1. The fraction of sp³-hybridized carbons (Fsp3) is 0.520. The van der Waals surface area contributed by atoms with E-state index >= 15 is 0 Å². The van der Waals surface area contributed by atoms with E-state index in [0.29, 0.717) is 18.1 Å². The lowest BCUT2D eigenvalue weighted by Gasteiger charge is -2.32. The number of benzene rings is 1. The second kappa shape index (κ2) is 13.1. The molecule has 1 fully saturated rings. The highest BCUT2D eigenvalue weighted by Crippen LogP contribution is 2.21. The van der Waals surface area contributed by atoms with Gasteiger partial charge in [0.05, 0.1) is 0 Å². The Morgan fingerprint density at radius 3 is 2.58 bits per heavy atom. The zero-order chi connectivity index (χ0) is 23.5. The molecule has 0 spiro atoms. The number of unbranched alkanes of at least 4 members (excludes halogenated alkanes) is 1. The molecule has 0 bridgehead atoms. The lowest BCUT2D eigenvalue weighted by Crippen LogP contribution is -2.51. The summed E-state index contributed by atoms with van der Waals surface area (Å²) in [5.74, 6) is -0.513. The van der Waals surface area contributed by atoms with Crippen LogP contribution >= 0.6 is 11.3 Å². The van der Waals surface area contributed by atoms with Crippen LogP contribution < -0.4 is 10.6 Å². The zero-order valence-corrected chi connectivity index (χ0v) is 20.1. The minimum Gasteiger partial charge on any atom is -0.352 e. The molecule has 7 nitrogen and oxygen atoms in total. The van der Waals surface area contributed by atoms with Gasteiger partial charge in [0, 0.05) is 37.0 Å². The first-order chi connectivity index (χ1) is 16.1. The maximum atomic E-state index is 13.4. The molecular formula is C25H34N4O3S. The van der Waals surface area contributed by atoms with E-state index < -0.39 is 6.04 Å². The molecular weight excluding hydrogens is 436 g/mol. The number of hydrogen-bond donors (Lipinski definition) is 2. The summed E-state index contributed by atoms with van der Waals surface area (Å²) in [6.45, 7) is 2.43. The number of aromatic nitrogens is 1. The molecule has 3 amide bonds. The summed E-state index contributed by atoms with van der Waals surface area (Å²) in [5.41, 5.74) is 0.966. The van der Waals surface area contributed by atoms with Crippen LogP contribution in [0.3, 0.4) is 0 Å². The van der Waals surface area contributed by atoms with E-state index in [2.05, 4.69) is 22.5 Å². The summed E-state index contributed by atoms with van der Waals surface area (Å²) in [4.78, 5) is 44.7. The summed E-state index contributed by atoms with van der Waals surface area (Å²) in [6.07, 6.45) is 8.37. The van der Waals surface area contributed by atoms with Crippen LogP contribution in [-0.2, 0) is 20.9 Å². The van der Waals surface area contributed by atoms with Gasteiger partial charge in [-0.1, -0.05) is 62.9 Å². The van der Waals surface area contributed by atoms with Gasteiger partial charge >= 0.3 is 0 Å². The van der Waals surface area contributed by atoms with Crippen LogP contribution in [-0.4, -0.2) is 39.7 Å². The van der Waals surface area contributed by atoms with Gasteiger partial charge in [0.1, 0.15) is 6.04 Å². The van der Waals surface area contributed by atoms with Crippen LogP contribution in [0.25, 0.3) is 0 Å². The Balaban J connectivity index is 1.71. The van der Waals surface area contributed by atoms with Gasteiger partial charge in [-0.15, -0.1) is 11.3 Å². The molecule has 1 aliphatic carbocycles. The second-order valence-corrected chi connectivity index (χ2v) is 9.44. The molecule has 8 heteroatoms. The number of thiazole rings is 1. The number of nitrogens with zero attached hydrogens (tertiary/aromatic N) is 2. The van der Waals surface area contributed by atoms with Gasteiger partial charge in [-0.2, -0.15) is 0 Å². The maximum absolute atomic E-state index is 13.4. The third kappa shape index (κ3) is 7.96. The Kier molecular flexibility index (Phi) is 9.87. The SMILES string of the molecule is CCCC[C@H](C(=O)NC1CCCC1)N(Cc1ccccc1)C(=O)CCC(=O)Nc1nccs1. The molecule has 2 aromatic rings. The number of carbonyl (C=O) groups is 3. The first-order valence-electron chi connectivity index (χ1n) is 11.9. The van der Waals surface area contributed by atoms with Gasteiger partial charge < -0.3 is 15.5 Å². The highest BCUT2D eigenvalue weighted by Gasteiger charge is 2.31. The number of carbonyl (C=O) groups excluding carboxylic acids is 3. The number of hydrogen-bond acceptors (Lipinski definition) is 5. The smallest absolute Gasteiger partial charge is 0.243 e. The minimum atomic E-state index is -0.541. The van der Waals surface area contributed by atoms with Crippen molar-refractivity contribution in [3.8, 4) is 0 Å². The summed E-state index contributed by atoms with van der Waals surface area (Å²) >= 11 is 1.34. The molecule has 1 saturated carbocycles. The Hall–Kier alpha value is -2.74. The molecule has 1 aromatic heterocycles. The van der Waals surface area contributed by atoms with Gasteiger partial charge in [-0.05, 0) is 24.8 Å².